The van der Waals surface area contributed by atoms with Crippen LogP contribution in [0.4, 0.5) is 5.69 Å². The molecule has 1 saturated heterocycles. The van der Waals surface area contributed by atoms with Crippen LogP contribution in [-0.2, 0) is 4.74 Å². The molecule has 0 spiro atoms. The summed E-state index contributed by atoms with van der Waals surface area (Å²) < 4.78 is 10.3. The van der Waals surface area contributed by atoms with Gasteiger partial charge in [0.2, 0.25) is 0 Å². The normalized spacial score (nSPS) is 17.7. The van der Waals surface area contributed by atoms with Crippen molar-refractivity contribution in [2.75, 3.05) is 20.3 Å². The Morgan fingerprint density at radius 1 is 1.50 bits per heavy atom. The van der Waals surface area contributed by atoms with Gasteiger partial charge in [-0.05, 0) is 18.8 Å². The van der Waals surface area contributed by atoms with Crippen LogP contribution in [0, 0.1) is 16.0 Å². The predicted octanol–water partition coefficient (Wildman–Crippen LogP) is 1.74. The summed E-state index contributed by atoms with van der Waals surface area (Å²) >= 11 is 0. The van der Waals surface area contributed by atoms with Crippen molar-refractivity contribution < 1.29 is 19.5 Å². The van der Waals surface area contributed by atoms with E-state index >= 15 is 0 Å². The first kappa shape index (κ1) is 14.5. The van der Waals surface area contributed by atoms with Gasteiger partial charge in [-0.1, -0.05) is 0 Å². The number of hydrogen-bond acceptors (Lipinski definition) is 6. The molecule has 0 radical (unpaired) electrons. The van der Waals surface area contributed by atoms with Crippen LogP contribution in [-0.4, -0.2) is 30.4 Å². The molecule has 1 aliphatic heterocycles. The number of rotatable bonds is 4. The lowest BCUT2D eigenvalue weighted by Crippen LogP contribution is -2.27. The number of nitrogens with two attached hydrogens (primary N) is 1. The van der Waals surface area contributed by atoms with E-state index in [2.05, 4.69) is 0 Å². The Kier molecular flexibility index (Phi) is 4.41. The third-order valence-corrected chi connectivity index (χ3v) is 3.65. The number of aromatic hydroxyl groups is 1. The first-order valence-corrected chi connectivity index (χ1v) is 6.43. The number of nitrogens with zero attached hydrogens (tertiary/aromatic N) is 1. The summed E-state index contributed by atoms with van der Waals surface area (Å²) in [6, 6.07) is 2.03. The largest absolute Gasteiger partial charge is 0.504 e. The second-order valence-corrected chi connectivity index (χ2v) is 4.82. The quantitative estimate of drug-likeness (QED) is 0.643. The van der Waals surface area contributed by atoms with Gasteiger partial charge < -0.3 is 20.3 Å². The highest BCUT2D eigenvalue weighted by Gasteiger charge is 2.27. The molecule has 3 N–H and O–H groups in total. The Morgan fingerprint density at radius 3 is 2.70 bits per heavy atom. The van der Waals surface area contributed by atoms with E-state index in [9.17, 15) is 15.2 Å². The Bertz CT molecular complexity index is 500. The van der Waals surface area contributed by atoms with Gasteiger partial charge in [0.05, 0.1) is 18.1 Å². The second kappa shape index (κ2) is 6.06. The van der Waals surface area contributed by atoms with Crippen LogP contribution < -0.4 is 10.5 Å². The smallest absolute Gasteiger partial charge is 0.273 e. The second-order valence-electron chi connectivity index (χ2n) is 4.82. The van der Waals surface area contributed by atoms with Gasteiger partial charge in [0.25, 0.3) is 5.69 Å². The standard InChI is InChI=1S/C13H18N2O5/c1-19-11-7-9(15(17)18)6-10(13(11)16)12(14)8-2-4-20-5-3-8/h6-8,12,16H,2-5,14H2,1H3/t12-/m1/s1. The van der Waals surface area contributed by atoms with E-state index in [1.165, 1.54) is 19.2 Å². The van der Waals surface area contributed by atoms with Gasteiger partial charge in [0.1, 0.15) is 0 Å². The van der Waals surface area contributed by atoms with Crippen LogP contribution in [0.25, 0.3) is 0 Å². The monoisotopic (exact) mass is 282 g/mol. The average Bonchev–Trinajstić information content (AvgIpc) is 2.47. The van der Waals surface area contributed by atoms with Crippen LogP contribution >= 0.6 is 0 Å². The van der Waals surface area contributed by atoms with E-state index in [-0.39, 0.29) is 23.1 Å². The molecular formula is C13H18N2O5. The number of phenols is 1. The Labute approximate surface area is 116 Å². The van der Waals surface area contributed by atoms with Gasteiger partial charge >= 0.3 is 0 Å². The van der Waals surface area contributed by atoms with Gasteiger partial charge in [-0.25, -0.2) is 0 Å². The SMILES string of the molecule is COc1cc([N+](=O)[O-])cc([C@H](N)C2CCOCC2)c1O. The molecule has 110 valence electrons. The van der Waals surface area contributed by atoms with Crippen molar-refractivity contribution in [1.29, 1.82) is 0 Å². The number of hydrogen-bond donors (Lipinski definition) is 2. The lowest BCUT2D eigenvalue weighted by Gasteiger charge is -2.28. The maximum atomic E-state index is 10.9. The first-order valence-electron chi connectivity index (χ1n) is 6.43. The van der Waals surface area contributed by atoms with Crippen LogP contribution in [0.1, 0.15) is 24.4 Å². The maximum Gasteiger partial charge on any atom is 0.273 e. The predicted molar refractivity (Wildman–Crippen MR) is 71.8 cm³/mol. The molecule has 1 atom stereocenters. The Hall–Kier alpha value is -1.86. The third-order valence-electron chi connectivity index (χ3n) is 3.65. The van der Waals surface area contributed by atoms with Crippen molar-refractivity contribution in [2.45, 2.75) is 18.9 Å². The highest BCUT2D eigenvalue weighted by atomic mass is 16.6. The molecule has 1 heterocycles. The van der Waals surface area contributed by atoms with E-state index in [1.807, 2.05) is 0 Å². The lowest BCUT2D eigenvalue weighted by atomic mass is 9.87. The molecule has 1 aromatic carbocycles. The molecular weight excluding hydrogens is 264 g/mol. The molecule has 20 heavy (non-hydrogen) atoms. The summed E-state index contributed by atoms with van der Waals surface area (Å²) in [5.74, 6) is 0.0650. The molecule has 0 aromatic heterocycles. The number of methoxy groups -OCH3 is 1. The summed E-state index contributed by atoms with van der Waals surface area (Å²) in [5.41, 5.74) is 6.38. The van der Waals surface area contributed by atoms with Crippen molar-refractivity contribution in [3.8, 4) is 11.5 Å². The Balaban J connectivity index is 2.37. The molecule has 1 fully saturated rings. The van der Waals surface area contributed by atoms with Crippen molar-refractivity contribution in [2.24, 2.45) is 11.7 Å². The van der Waals surface area contributed by atoms with Gasteiger partial charge in [-0.2, -0.15) is 0 Å². The highest BCUT2D eigenvalue weighted by molar-refractivity contribution is 5.54. The van der Waals surface area contributed by atoms with E-state index in [1.54, 1.807) is 0 Å². The van der Waals surface area contributed by atoms with E-state index in [0.29, 0.717) is 18.8 Å². The number of ether oxygens (including phenoxy) is 2. The van der Waals surface area contributed by atoms with Gasteiger partial charge in [0.15, 0.2) is 11.5 Å². The summed E-state index contributed by atoms with van der Waals surface area (Å²) in [5, 5.41) is 21.1. The van der Waals surface area contributed by atoms with E-state index < -0.39 is 11.0 Å². The van der Waals surface area contributed by atoms with Gasteiger partial charge in [0, 0.05) is 30.9 Å². The topological polar surface area (TPSA) is 108 Å². The summed E-state index contributed by atoms with van der Waals surface area (Å²) in [6.07, 6.45) is 1.54. The minimum absolute atomic E-state index is 0.0664. The van der Waals surface area contributed by atoms with Crippen LogP contribution in [0.15, 0.2) is 12.1 Å². The number of phenolic OH excluding ortho intramolecular Hbond substituents is 1. The lowest BCUT2D eigenvalue weighted by molar-refractivity contribution is -0.385. The summed E-state index contributed by atoms with van der Waals surface area (Å²) in [7, 11) is 1.35. The zero-order valence-electron chi connectivity index (χ0n) is 11.2. The number of benzene rings is 1. The first-order chi connectivity index (χ1) is 9.54. The number of nitro benzene ring substituents is 1. The third kappa shape index (κ3) is 2.83. The van der Waals surface area contributed by atoms with Crippen LogP contribution in [0.5, 0.6) is 11.5 Å². The summed E-state index contributed by atoms with van der Waals surface area (Å²) in [4.78, 5) is 10.4. The molecule has 7 nitrogen and oxygen atoms in total. The molecule has 0 unspecified atom stereocenters. The molecule has 7 heteroatoms. The molecule has 1 aromatic rings. The zero-order valence-corrected chi connectivity index (χ0v) is 11.2. The van der Waals surface area contributed by atoms with E-state index in [0.717, 1.165) is 12.8 Å². The minimum Gasteiger partial charge on any atom is -0.504 e. The maximum absolute atomic E-state index is 10.9. The Morgan fingerprint density at radius 2 is 2.15 bits per heavy atom. The van der Waals surface area contributed by atoms with Crippen molar-refractivity contribution in [1.82, 2.24) is 0 Å². The zero-order chi connectivity index (χ0) is 14.7. The minimum atomic E-state index is -0.526. The fraction of sp³-hybridized carbons (Fsp3) is 0.538. The summed E-state index contributed by atoms with van der Waals surface area (Å²) in [6.45, 7) is 1.23. The number of non-ortho nitro benzene ring substituents is 1. The average molecular weight is 282 g/mol. The number of nitro groups is 1. The highest BCUT2D eigenvalue weighted by Crippen LogP contribution is 2.40. The van der Waals surface area contributed by atoms with Gasteiger partial charge in [-0.15, -0.1) is 0 Å². The molecule has 0 saturated carbocycles. The van der Waals surface area contributed by atoms with Gasteiger partial charge in [-0.3, -0.25) is 10.1 Å². The fourth-order valence-corrected chi connectivity index (χ4v) is 2.46. The molecule has 0 aliphatic carbocycles. The molecule has 2 rings (SSSR count). The fourth-order valence-electron chi connectivity index (χ4n) is 2.46. The van der Waals surface area contributed by atoms with Crippen LogP contribution in [0.2, 0.25) is 0 Å². The molecule has 0 amide bonds. The van der Waals surface area contributed by atoms with Crippen molar-refractivity contribution in [3.05, 3.63) is 27.8 Å². The van der Waals surface area contributed by atoms with E-state index in [4.69, 9.17) is 15.2 Å². The van der Waals surface area contributed by atoms with Crippen molar-refractivity contribution >= 4 is 5.69 Å². The van der Waals surface area contributed by atoms with Crippen molar-refractivity contribution in [3.63, 3.8) is 0 Å². The molecule has 1 aliphatic rings. The van der Waals surface area contributed by atoms with Crippen LogP contribution in [0.3, 0.4) is 0 Å². The molecule has 0 bridgehead atoms.